The van der Waals surface area contributed by atoms with Crippen LogP contribution in [-0.2, 0) is 0 Å². The van der Waals surface area contributed by atoms with Gasteiger partial charge in [0.25, 0.3) is 5.69 Å². The van der Waals surface area contributed by atoms with Crippen molar-refractivity contribution in [2.24, 2.45) is 0 Å². The van der Waals surface area contributed by atoms with Crippen LogP contribution in [0.25, 0.3) is 11.1 Å². The SMILES string of the molecule is O=[N+]([O-])c1ccccc1-c1[c]noc1. The van der Waals surface area contributed by atoms with Crippen LogP contribution >= 0.6 is 0 Å². The van der Waals surface area contributed by atoms with Gasteiger partial charge in [0, 0.05) is 6.07 Å². The first kappa shape index (κ1) is 8.43. The molecule has 0 atom stereocenters. The topological polar surface area (TPSA) is 69.2 Å². The summed E-state index contributed by atoms with van der Waals surface area (Å²) >= 11 is 0. The third-order valence-corrected chi connectivity index (χ3v) is 1.78. The van der Waals surface area contributed by atoms with E-state index in [1.54, 1.807) is 18.2 Å². The van der Waals surface area contributed by atoms with Gasteiger partial charge in [-0.2, -0.15) is 0 Å². The van der Waals surface area contributed by atoms with Crippen LogP contribution in [0.3, 0.4) is 0 Å². The molecule has 5 nitrogen and oxygen atoms in total. The Morgan fingerprint density at radius 1 is 1.43 bits per heavy atom. The maximum atomic E-state index is 10.7. The van der Waals surface area contributed by atoms with Crippen molar-refractivity contribution in [1.82, 2.24) is 5.16 Å². The standard InChI is InChI=1S/C9H5N2O3/c12-11(13)9-4-2-1-3-8(9)7-5-10-14-6-7/h1-4,6H. The fourth-order valence-electron chi connectivity index (χ4n) is 1.17. The minimum Gasteiger partial charge on any atom is -0.363 e. The van der Waals surface area contributed by atoms with Crippen LogP contribution in [0.15, 0.2) is 35.1 Å². The number of para-hydroxylation sites is 1. The van der Waals surface area contributed by atoms with Crippen LogP contribution in [0.5, 0.6) is 0 Å². The molecule has 2 aromatic rings. The summed E-state index contributed by atoms with van der Waals surface area (Å²) in [6, 6.07) is 6.37. The van der Waals surface area contributed by atoms with E-state index in [1.165, 1.54) is 12.3 Å². The molecule has 5 heteroatoms. The van der Waals surface area contributed by atoms with Gasteiger partial charge >= 0.3 is 0 Å². The zero-order valence-electron chi connectivity index (χ0n) is 7.01. The zero-order chi connectivity index (χ0) is 9.97. The first-order chi connectivity index (χ1) is 6.79. The maximum Gasteiger partial charge on any atom is 0.277 e. The lowest BCUT2D eigenvalue weighted by molar-refractivity contribution is -0.384. The second-order valence-corrected chi connectivity index (χ2v) is 2.61. The fourth-order valence-corrected chi connectivity index (χ4v) is 1.17. The quantitative estimate of drug-likeness (QED) is 0.535. The first-order valence-corrected chi connectivity index (χ1v) is 3.85. The van der Waals surface area contributed by atoms with E-state index in [0.29, 0.717) is 11.1 Å². The molecule has 0 aliphatic rings. The lowest BCUT2D eigenvalue weighted by atomic mass is 10.1. The molecule has 1 aromatic heterocycles. The average molecular weight is 189 g/mol. The van der Waals surface area contributed by atoms with Gasteiger partial charge in [0.05, 0.1) is 16.1 Å². The van der Waals surface area contributed by atoms with Gasteiger partial charge in [0.15, 0.2) is 0 Å². The lowest BCUT2D eigenvalue weighted by Crippen LogP contribution is -1.90. The van der Waals surface area contributed by atoms with Crippen molar-refractivity contribution in [3.63, 3.8) is 0 Å². The van der Waals surface area contributed by atoms with E-state index < -0.39 is 4.92 Å². The molecule has 14 heavy (non-hydrogen) atoms. The molecule has 69 valence electrons. The monoisotopic (exact) mass is 189 g/mol. The van der Waals surface area contributed by atoms with Crippen LogP contribution in [-0.4, -0.2) is 10.1 Å². The normalized spacial score (nSPS) is 10.0. The second kappa shape index (κ2) is 3.29. The highest BCUT2D eigenvalue weighted by Crippen LogP contribution is 2.28. The van der Waals surface area contributed by atoms with Gasteiger partial charge in [-0.3, -0.25) is 10.1 Å². The molecular formula is C9H5N2O3. The zero-order valence-corrected chi connectivity index (χ0v) is 7.01. The van der Waals surface area contributed by atoms with E-state index in [1.807, 2.05) is 0 Å². The summed E-state index contributed by atoms with van der Waals surface area (Å²) in [5.41, 5.74) is 0.961. The minimum absolute atomic E-state index is 0.0203. The molecule has 0 bridgehead atoms. The molecule has 0 saturated heterocycles. The van der Waals surface area contributed by atoms with Crippen molar-refractivity contribution in [3.05, 3.63) is 46.8 Å². The van der Waals surface area contributed by atoms with E-state index in [9.17, 15) is 10.1 Å². The number of aromatic nitrogens is 1. The minimum atomic E-state index is -0.448. The second-order valence-electron chi connectivity index (χ2n) is 2.61. The highest BCUT2D eigenvalue weighted by molar-refractivity contribution is 5.71. The Morgan fingerprint density at radius 2 is 2.21 bits per heavy atom. The van der Waals surface area contributed by atoms with Gasteiger partial charge < -0.3 is 4.52 Å². The molecule has 0 spiro atoms. The Balaban J connectivity index is 2.58. The largest absolute Gasteiger partial charge is 0.363 e. The Bertz CT molecular complexity index is 451. The molecule has 0 saturated carbocycles. The lowest BCUT2D eigenvalue weighted by Gasteiger charge is -1.96. The van der Waals surface area contributed by atoms with Crippen LogP contribution < -0.4 is 0 Å². The number of nitrogens with zero attached hydrogens (tertiary/aromatic N) is 2. The predicted molar refractivity (Wildman–Crippen MR) is 47.4 cm³/mol. The number of nitro benzene ring substituents is 1. The molecular weight excluding hydrogens is 184 g/mol. The van der Waals surface area contributed by atoms with Crippen molar-refractivity contribution in [1.29, 1.82) is 0 Å². The Hall–Kier alpha value is -2.17. The highest BCUT2D eigenvalue weighted by Gasteiger charge is 2.15. The summed E-state index contributed by atoms with van der Waals surface area (Å²) in [5.74, 6) is 0. The summed E-state index contributed by atoms with van der Waals surface area (Å²) < 4.78 is 4.58. The summed E-state index contributed by atoms with van der Waals surface area (Å²) in [6.07, 6.45) is 3.85. The number of hydrogen-bond donors (Lipinski definition) is 0. The maximum absolute atomic E-state index is 10.7. The van der Waals surface area contributed by atoms with Gasteiger partial charge in [0.1, 0.15) is 12.5 Å². The molecule has 0 fully saturated rings. The fraction of sp³-hybridized carbons (Fsp3) is 0. The molecule has 1 aromatic carbocycles. The Labute approximate surface area is 79.1 Å². The summed E-state index contributed by atoms with van der Waals surface area (Å²) in [5, 5.41) is 14.0. The summed E-state index contributed by atoms with van der Waals surface area (Å²) in [6.45, 7) is 0. The molecule has 2 rings (SSSR count). The Kier molecular flexibility index (Phi) is 1.98. The third-order valence-electron chi connectivity index (χ3n) is 1.78. The smallest absolute Gasteiger partial charge is 0.277 e. The molecule has 1 radical (unpaired) electrons. The van der Waals surface area contributed by atoms with E-state index in [4.69, 9.17) is 0 Å². The first-order valence-electron chi connectivity index (χ1n) is 3.85. The van der Waals surface area contributed by atoms with Gasteiger partial charge in [-0.05, 0) is 6.07 Å². The molecule has 1 heterocycles. The molecule has 0 N–H and O–H groups in total. The molecule has 0 aliphatic heterocycles. The van der Waals surface area contributed by atoms with Crippen molar-refractivity contribution >= 4 is 5.69 Å². The van der Waals surface area contributed by atoms with Crippen molar-refractivity contribution in [2.75, 3.05) is 0 Å². The average Bonchev–Trinajstić information content (AvgIpc) is 2.70. The van der Waals surface area contributed by atoms with E-state index in [-0.39, 0.29) is 5.69 Å². The van der Waals surface area contributed by atoms with Crippen LogP contribution in [0.1, 0.15) is 0 Å². The van der Waals surface area contributed by atoms with E-state index >= 15 is 0 Å². The van der Waals surface area contributed by atoms with Gasteiger partial charge in [0.2, 0.25) is 0 Å². The molecule has 0 amide bonds. The number of rotatable bonds is 2. The van der Waals surface area contributed by atoms with Crippen LogP contribution in [0.2, 0.25) is 0 Å². The summed E-state index contributed by atoms with van der Waals surface area (Å²) in [4.78, 5) is 10.2. The number of benzene rings is 1. The summed E-state index contributed by atoms with van der Waals surface area (Å²) in [7, 11) is 0. The van der Waals surface area contributed by atoms with Gasteiger partial charge in [-0.25, -0.2) is 0 Å². The van der Waals surface area contributed by atoms with E-state index in [0.717, 1.165) is 0 Å². The van der Waals surface area contributed by atoms with Gasteiger partial charge in [-0.1, -0.05) is 17.3 Å². The van der Waals surface area contributed by atoms with Crippen molar-refractivity contribution < 1.29 is 9.45 Å². The number of nitro groups is 1. The van der Waals surface area contributed by atoms with Crippen molar-refractivity contribution in [2.45, 2.75) is 0 Å². The van der Waals surface area contributed by atoms with Gasteiger partial charge in [-0.15, -0.1) is 0 Å². The van der Waals surface area contributed by atoms with Crippen LogP contribution in [0.4, 0.5) is 5.69 Å². The highest BCUT2D eigenvalue weighted by atomic mass is 16.6. The third kappa shape index (κ3) is 1.35. The molecule has 0 aliphatic carbocycles. The number of hydrogen-bond acceptors (Lipinski definition) is 4. The predicted octanol–water partition coefficient (Wildman–Crippen LogP) is 2.05. The Morgan fingerprint density at radius 3 is 2.86 bits per heavy atom. The molecule has 0 unspecified atom stereocenters. The van der Waals surface area contributed by atoms with Crippen molar-refractivity contribution in [3.8, 4) is 11.1 Å². The van der Waals surface area contributed by atoms with E-state index in [2.05, 4.69) is 15.9 Å². The van der Waals surface area contributed by atoms with Crippen LogP contribution in [0, 0.1) is 16.3 Å².